The third-order valence-corrected chi connectivity index (χ3v) is 7.11. The van der Waals surface area contributed by atoms with Gasteiger partial charge in [0, 0.05) is 0 Å². The van der Waals surface area contributed by atoms with Gasteiger partial charge in [-0.1, -0.05) is 0 Å². The second kappa shape index (κ2) is 18.7. The monoisotopic (exact) mass is 554 g/mol. The van der Waals surface area contributed by atoms with Gasteiger partial charge in [0.2, 0.25) is 0 Å². The second-order valence-electron chi connectivity index (χ2n) is 5.50. The van der Waals surface area contributed by atoms with Crippen molar-refractivity contribution in [1.29, 1.82) is 0 Å². The SMILES string of the molecule is CCC[CH]([Sn+3])c1ccccc1.CCC[CH]([Sn+3])c1ccccc1.[O-2].[O-2].[O-2]. The number of rotatable bonds is 6. The van der Waals surface area contributed by atoms with E-state index >= 15 is 0 Å². The van der Waals surface area contributed by atoms with Crippen LogP contribution in [0.1, 0.15) is 58.5 Å². The van der Waals surface area contributed by atoms with Gasteiger partial charge in [-0.15, -0.1) is 0 Å². The fourth-order valence-electron chi connectivity index (χ4n) is 2.28. The van der Waals surface area contributed by atoms with Crippen molar-refractivity contribution in [2.45, 2.75) is 47.4 Å². The van der Waals surface area contributed by atoms with Crippen LogP contribution in [-0.4, -0.2) is 45.0 Å². The van der Waals surface area contributed by atoms with Crippen molar-refractivity contribution in [3.63, 3.8) is 0 Å². The molecule has 132 valence electrons. The summed E-state index contributed by atoms with van der Waals surface area (Å²) in [5, 5.41) is 0. The molecule has 0 amide bonds. The van der Waals surface area contributed by atoms with Gasteiger partial charge in [0.15, 0.2) is 0 Å². The average Bonchev–Trinajstić information content (AvgIpc) is 2.57. The average molecular weight is 552 g/mol. The molecule has 0 saturated heterocycles. The van der Waals surface area contributed by atoms with Crippen LogP contribution in [0.2, 0.25) is 0 Å². The first kappa shape index (κ1) is 29.7. The molecule has 0 aliphatic carbocycles. The van der Waals surface area contributed by atoms with E-state index in [0.717, 1.165) is 7.87 Å². The Balaban J connectivity index is -0.000000346. The minimum atomic E-state index is 0. The molecule has 0 aliphatic heterocycles. The summed E-state index contributed by atoms with van der Waals surface area (Å²) in [6.07, 6.45) is 5.26. The summed E-state index contributed by atoms with van der Waals surface area (Å²) in [6.45, 7) is 4.50. The first-order valence-corrected chi connectivity index (χ1v) is 11.5. The molecule has 0 saturated carbocycles. The van der Waals surface area contributed by atoms with Crippen molar-refractivity contribution in [2.24, 2.45) is 0 Å². The zero-order valence-corrected chi connectivity index (χ0v) is 20.7. The fourth-order valence-corrected chi connectivity index (χ4v) is 5.03. The molecule has 2 rings (SSSR count). The molecule has 0 aliphatic rings. The number of hydrogen-bond donors (Lipinski definition) is 0. The maximum Gasteiger partial charge on any atom is -2.00 e. The van der Waals surface area contributed by atoms with Gasteiger partial charge in [-0.05, 0) is 0 Å². The van der Waals surface area contributed by atoms with E-state index in [-0.39, 0.29) is 16.4 Å². The van der Waals surface area contributed by atoms with E-state index < -0.39 is 0 Å². The van der Waals surface area contributed by atoms with Crippen LogP contribution >= 0.6 is 0 Å². The molecule has 3 nitrogen and oxygen atoms in total. The Morgan fingerprint density at radius 3 is 1.12 bits per heavy atom. The molecule has 0 aromatic heterocycles. The van der Waals surface area contributed by atoms with E-state index in [9.17, 15) is 0 Å². The van der Waals surface area contributed by atoms with Crippen LogP contribution in [0.5, 0.6) is 0 Å². The number of hydrogen-bond acceptors (Lipinski definition) is 0. The molecule has 0 N–H and O–H groups in total. The minimum absolute atomic E-state index is 0. The molecule has 2 aromatic rings. The van der Waals surface area contributed by atoms with E-state index in [4.69, 9.17) is 0 Å². The molecule has 5 heteroatoms. The Morgan fingerprint density at radius 2 is 0.880 bits per heavy atom. The van der Waals surface area contributed by atoms with Crippen LogP contribution < -0.4 is 0 Å². The Morgan fingerprint density at radius 1 is 0.600 bits per heavy atom. The van der Waals surface area contributed by atoms with E-state index in [1.165, 1.54) is 36.8 Å². The predicted octanol–water partition coefficient (Wildman–Crippen LogP) is 5.04. The normalized spacial score (nSPS) is 11.4. The molecule has 25 heavy (non-hydrogen) atoms. The summed E-state index contributed by atoms with van der Waals surface area (Å²) in [5.41, 5.74) is 3.01. The van der Waals surface area contributed by atoms with Crippen LogP contribution in [-0.2, 0) is 16.4 Å². The van der Waals surface area contributed by atoms with E-state index in [2.05, 4.69) is 74.5 Å². The van der Waals surface area contributed by atoms with E-state index in [1.54, 1.807) is 45.0 Å². The molecule has 0 spiro atoms. The van der Waals surface area contributed by atoms with Crippen molar-refractivity contribution >= 4 is 45.0 Å². The standard InChI is InChI=1S/2C10H13.3O.2Sn/c2*1-2-3-7-10-8-5-4-6-9-10;;;;;/h2*4-9H,2-3H2,1H3;;;;;/q;;3*-2;2*+3. The zero-order chi connectivity index (χ0) is 16.2. The van der Waals surface area contributed by atoms with Crippen LogP contribution in [0.15, 0.2) is 60.7 Å². The Labute approximate surface area is 179 Å². The third-order valence-electron chi connectivity index (χ3n) is 3.56. The molecule has 2 atom stereocenters. The Kier molecular flexibility index (Phi) is 22.2. The second-order valence-corrected chi connectivity index (χ2v) is 9.48. The Hall–Kier alpha value is -0.0826. The van der Waals surface area contributed by atoms with Crippen LogP contribution in [0.3, 0.4) is 0 Å². The smallest absolute Gasteiger partial charge is 2.00 e. The third kappa shape index (κ3) is 12.8. The van der Waals surface area contributed by atoms with Crippen LogP contribution in [0.4, 0.5) is 0 Å². The predicted molar refractivity (Wildman–Crippen MR) is 102 cm³/mol. The fraction of sp³-hybridized carbons (Fsp3) is 0.400. The van der Waals surface area contributed by atoms with Gasteiger partial charge >= 0.3 is 164 Å². The summed E-state index contributed by atoms with van der Waals surface area (Å²) in [5.74, 6) is 0. The minimum Gasteiger partial charge on any atom is -2.00 e. The molecule has 2 unspecified atom stereocenters. The van der Waals surface area contributed by atoms with Gasteiger partial charge in [0.1, 0.15) is 0 Å². The first-order valence-electron chi connectivity index (χ1n) is 8.21. The summed E-state index contributed by atoms with van der Waals surface area (Å²) >= 11 is 3.28. The van der Waals surface area contributed by atoms with Crippen molar-refractivity contribution in [1.82, 2.24) is 0 Å². The molecule has 0 fully saturated rings. The van der Waals surface area contributed by atoms with Gasteiger partial charge in [0.05, 0.1) is 0 Å². The van der Waals surface area contributed by atoms with Gasteiger partial charge in [0.25, 0.3) is 0 Å². The maximum absolute atomic E-state index is 2.25. The van der Waals surface area contributed by atoms with E-state index in [0.29, 0.717) is 0 Å². The topological polar surface area (TPSA) is 85.5 Å². The van der Waals surface area contributed by atoms with E-state index in [1.807, 2.05) is 0 Å². The maximum atomic E-state index is 2.25. The van der Waals surface area contributed by atoms with Crippen molar-refractivity contribution < 1.29 is 16.4 Å². The molecule has 2 aromatic carbocycles. The molecular weight excluding hydrogens is 526 g/mol. The Bertz CT molecular complexity index is 447. The molecular formula is C20H26O3Sn2. The van der Waals surface area contributed by atoms with Crippen molar-refractivity contribution in [3.8, 4) is 0 Å². The summed E-state index contributed by atoms with van der Waals surface area (Å²) < 4.78 is 1.63. The number of benzene rings is 2. The molecule has 0 radical (unpaired) electrons. The summed E-state index contributed by atoms with van der Waals surface area (Å²) in [7, 11) is 0. The van der Waals surface area contributed by atoms with Gasteiger partial charge in [-0.2, -0.15) is 0 Å². The molecule has 0 bridgehead atoms. The van der Waals surface area contributed by atoms with Gasteiger partial charge in [-0.25, -0.2) is 0 Å². The summed E-state index contributed by atoms with van der Waals surface area (Å²) in [4.78, 5) is 0. The quantitative estimate of drug-likeness (QED) is 0.451. The van der Waals surface area contributed by atoms with Crippen LogP contribution in [0, 0.1) is 0 Å². The summed E-state index contributed by atoms with van der Waals surface area (Å²) in [6, 6.07) is 21.6. The van der Waals surface area contributed by atoms with Gasteiger partial charge in [-0.3, -0.25) is 0 Å². The van der Waals surface area contributed by atoms with Crippen LogP contribution in [0.25, 0.3) is 0 Å². The van der Waals surface area contributed by atoms with Gasteiger partial charge < -0.3 is 16.4 Å². The largest absolute Gasteiger partial charge is 2.00 e. The first-order chi connectivity index (χ1) is 10.7. The molecule has 0 heterocycles. The van der Waals surface area contributed by atoms with Crippen molar-refractivity contribution in [2.75, 3.05) is 0 Å². The van der Waals surface area contributed by atoms with Crippen molar-refractivity contribution in [3.05, 3.63) is 71.8 Å². The zero-order valence-electron chi connectivity index (χ0n) is 15.0.